The van der Waals surface area contributed by atoms with Crippen molar-refractivity contribution in [1.82, 2.24) is 25.1 Å². The maximum absolute atomic E-state index is 13.3. The van der Waals surface area contributed by atoms with Crippen molar-refractivity contribution in [2.24, 2.45) is 0 Å². The summed E-state index contributed by atoms with van der Waals surface area (Å²) < 4.78 is 24.1. The lowest BCUT2D eigenvalue weighted by Gasteiger charge is -2.28. The highest BCUT2D eigenvalue weighted by molar-refractivity contribution is 5.87. The number of piperidine rings is 1. The number of H-pyrrole nitrogens is 1. The molecule has 9 heteroatoms. The monoisotopic (exact) mass is 526 g/mol. The van der Waals surface area contributed by atoms with Gasteiger partial charge in [-0.2, -0.15) is 5.10 Å². The summed E-state index contributed by atoms with van der Waals surface area (Å²) in [7, 11) is 3.28. The van der Waals surface area contributed by atoms with Crippen LogP contribution in [0, 0.1) is 0 Å². The molecular weight excluding hydrogens is 483 g/mol. The van der Waals surface area contributed by atoms with Crippen LogP contribution in [0.4, 0.5) is 10.2 Å². The van der Waals surface area contributed by atoms with E-state index in [2.05, 4.69) is 27.3 Å². The number of benzene rings is 1. The Kier molecular flexibility index (Phi) is 10.6. The number of aromatic amines is 1. The Morgan fingerprint density at radius 2 is 1.76 bits per heavy atom. The van der Waals surface area contributed by atoms with E-state index in [9.17, 15) is 4.39 Å². The normalized spacial score (nSPS) is 14.7. The summed E-state index contributed by atoms with van der Waals surface area (Å²) in [6, 6.07) is 5.90. The first-order valence-corrected chi connectivity index (χ1v) is 14.2. The fraction of sp³-hybridized carbons (Fsp3) is 0.621. The lowest BCUT2D eigenvalue weighted by molar-refractivity contribution is 0.149. The smallest absolute Gasteiger partial charge is 0.161 e. The molecular formula is C29H43FN6O2. The summed E-state index contributed by atoms with van der Waals surface area (Å²) in [4.78, 5) is 12.1. The van der Waals surface area contributed by atoms with Gasteiger partial charge in [-0.25, -0.2) is 14.4 Å². The van der Waals surface area contributed by atoms with Gasteiger partial charge in [0.25, 0.3) is 0 Å². The molecule has 1 saturated heterocycles. The minimum absolute atomic E-state index is 0.588. The second kappa shape index (κ2) is 14.3. The summed E-state index contributed by atoms with van der Waals surface area (Å²) in [6.45, 7) is 5.67. The number of fused-ring (bicyclic) bond motifs is 1. The predicted octanol–water partition coefficient (Wildman–Crippen LogP) is 5.86. The SMILES string of the molecule is CCCCc1nc(NCc2ccc(OC)c(OC)c2)c2n[nH]c(CCCCCCN3CCC(F)CC3)c2n1. The van der Waals surface area contributed by atoms with Gasteiger partial charge in [-0.1, -0.05) is 32.3 Å². The molecule has 1 aliphatic heterocycles. The molecule has 0 spiro atoms. The average molecular weight is 527 g/mol. The molecule has 1 fully saturated rings. The van der Waals surface area contributed by atoms with E-state index in [0.29, 0.717) is 30.9 Å². The standard InChI is InChI=1S/C29H43FN6O2/c1-4-5-11-26-32-27-23(10-8-6-7-9-16-36-17-14-22(30)15-18-36)34-35-28(27)29(33-26)31-20-21-12-13-24(37-2)25(19-21)38-3/h12-13,19,22H,4-11,14-18,20H2,1-3H3,(H,34,35)(H,31,32,33). The van der Waals surface area contributed by atoms with Crippen molar-refractivity contribution in [3.8, 4) is 11.5 Å². The summed E-state index contributed by atoms with van der Waals surface area (Å²) >= 11 is 0. The number of methoxy groups -OCH3 is 2. The van der Waals surface area contributed by atoms with Gasteiger partial charge >= 0.3 is 0 Å². The number of aromatic nitrogens is 4. The van der Waals surface area contributed by atoms with Crippen molar-refractivity contribution in [2.75, 3.05) is 39.2 Å². The first-order valence-electron chi connectivity index (χ1n) is 14.2. The van der Waals surface area contributed by atoms with Crippen LogP contribution in [-0.4, -0.2) is 65.1 Å². The molecule has 1 aliphatic rings. The molecule has 0 radical (unpaired) electrons. The Labute approximate surface area is 225 Å². The molecule has 8 nitrogen and oxygen atoms in total. The summed E-state index contributed by atoms with van der Waals surface area (Å²) in [5, 5.41) is 11.3. The van der Waals surface area contributed by atoms with Gasteiger partial charge in [0.05, 0.1) is 19.9 Å². The van der Waals surface area contributed by atoms with Gasteiger partial charge in [-0.15, -0.1) is 0 Å². The van der Waals surface area contributed by atoms with E-state index in [1.54, 1.807) is 14.2 Å². The first-order chi connectivity index (χ1) is 18.6. The van der Waals surface area contributed by atoms with E-state index in [4.69, 9.17) is 19.4 Å². The van der Waals surface area contributed by atoms with Crippen molar-refractivity contribution in [3.05, 3.63) is 35.3 Å². The third-order valence-electron chi connectivity index (χ3n) is 7.35. The van der Waals surface area contributed by atoms with Gasteiger partial charge < -0.3 is 19.7 Å². The Hall–Kier alpha value is -2.94. The molecule has 2 N–H and O–H groups in total. The number of aryl methyl sites for hydroxylation is 2. The van der Waals surface area contributed by atoms with Gasteiger partial charge in [0, 0.05) is 26.1 Å². The van der Waals surface area contributed by atoms with Crippen LogP contribution in [0.3, 0.4) is 0 Å². The molecule has 0 bridgehead atoms. The highest BCUT2D eigenvalue weighted by atomic mass is 19.1. The molecule has 0 unspecified atom stereocenters. The van der Waals surface area contributed by atoms with Crippen molar-refractivity contribution in [2.45, 2.75) is 83.8 Å². The van der Waals surface area contributed by atoms with E-state index in [0.717, 1.165) is 92.1 Å². The highest BCUT2D eigenvalue weighted by Crippen LogP contribution is 2.29. The molecule has 0 amide bonds. The number of likely N-dealkylation sites (tertiary alicyclic amines) is 1. The Balaban J connectivity index is 1.36. The van der Waals surface area contributed by atoms with E-state index in [1.807, 2.05) is 18.2 Å². The van der Waals surface area contributed by atoms with E-state index in [-0.39, 0.29) is 0 Å². The molecule has 2 aromatic heterocycles. The number of rotatable bonds is 15. The van der Waals surface area contributed by atoms with Crippen LogP contribution in [0.15, 0.2) is 18.2 Å². The summed E-state index contributed by atoms with van der Waals surface area (Å²) in [5.74, 6) is 3.03. The van der Waals surface area contributed by atoms with Gasteiger partial charge in [0.15, 0.2) is 22.8 Å². The number of hydrogen-bond acceptors (Lipinski definition) is 7. The fourth-order valence-electron chi connectivity index (χ4n) is 5.03. The van der Waals surface area contributed by atoms with Crippen molar-refractivity contribution < 1.29 is 13.9 Å². The summed E-state index contributed by atoms with van der Waals surface area (Å²) in [5.41, 5.74) is 3.86. The zero-order valence-corrected chi connectivity index (χ0v) is 23.2. The second-order valence-electron chi connectivity index (χ2n) is 10.2. The largest absolute Gasteiger partial charge is 0.493 e. The van der Waals surface area contributed by atoms with Crippen LogP contribution in [0.1, 0.15) is 75.4 Å². The van der Waals surface area contributed by atoms with Gasteiger partial charge in [0.2, 0.25) is 0 Å². The number of hydrogen-bond donors (Lipinski definition) is 2. The van der Waals surface area contributed by atoms with Gasteiger partial charge in [0.1, 0.15) is 17.5 Å². The Morgan fingerprint density at radius 3 is 2.53 bits per heavy atom. The van der Waals surface area contributed by atoms with Gasteiger partial charge in [-0.05, 0) is 62.8 Å². The lowest BCUT2D eigenvalue weighted by atomic mass is 10.1. The van der Waals surface area contributed by atoms with Crippen LogP contribution in [-0.2, 0) is 19.4 Å². The number of halogens is 1. The molecule has 3 heterocycles. The molecule has 0 saturated carbocycles. The van der Waals surface area contributed by atoms with Gasteiger partial charge in [-0.3, -0.25) is 5.10 Å². The number of anilines is 1. The quantitative estimate of drug-likeness (QED) is 0.240. The Bertz CT molecular complexity index is 1150. The number of nitrogens with zero attached hydrogens (tertiary/aromatic N) is 4. The molecule has 1 aromatic carbocycles. The zero-order valence-electron chi connectivity index (χ0n) is 23.2. The van der Waals surface area contributed by atoms with Crippen LogP contribution < -0.4 is 14.8 Å². The minimum Gasteiger partial charge on any atom is -0.493 e. The Morgan fingerprint density at radius 1 is 0.974 bits per heavy atom. The maximum Gasteiger partial charge on any atom is 0.161 e. The van der Waals surface area contributed by atoms with Crippen LogP contribution in [0.5, 0.6) is 11.5 Å². The lowest BCUT2D eigenvalue weighted by Crippen LogP contribution is -2.35. The van der Waals surface area contributed by atoms with E-state index in [1.165, 1.54) is 12.8 Å². The maximum atomic E-state index is 13.3. The third kappa shape index (κ3) is 7.56. The number of nitrogens with one attached hydrogen (secondary N) is 2. The average Bonchev–Trinajstić information content (AvgIpc) is 3.36. The van der Waals surface area contributed by atoms with Crippen LogP contribution >= 0.6 is 0 Å². The fourth-order valence-corrected chi connectivity index (χ4v) is 5.03. The number of alkyl halides is 1. The molecule has 208 valence electrons. The molecule has 3 aromatic rings. The topological polar surface area (TPSA) is 88.2 Å². The third-order valence-corrected chi connectivity index (χ3v) is 7.35. The van der Waals surface area contributed by atoms with Crippen LogP contribution in [0.2, 0.25) is 0 Å². The van der Waals surface area contributed by atoms with Crippen molar-refractivity contribution >= 4 is 16.9 Å². The first kappa shape index (κ1) is 28.1. The molecule has 0 atom stereocenters. The zero-order chi connectivity index (χ0) is 26.7. The van der Waals surface area contributed by atoms with Crippen molar-refractivity contribution in [3.63, 3.8) is 0 Å². The molecule has 38 heavy (non-hydrogen) atoms. The predicted molar refractivity (Wildman–Crippen MR) is 150 cm³/mol. The van der Waals surface area contributed by atoms with E-state index < -0.39 is 6.17 Å². The molecule has 0 aliphatic carbocycles. The highest BCUT2D eigenvalue weighted by Gasteiger charge is 2.18. The second-order valence-corrected chi connectivity index (χ2v) is 10.2. The number of unbranched alkanes of at least 4 members (excludes halogenated alkanes) is 4. The van der Waals surface area contributed by atoms with Crippen molar-refractivity contribution in [1.29, 1.82) is 0 Å². The van der Waals surface area contributed by atoms with Crippen LogP contribution in [0.25, 0.3) is 11.0 Å². The van der Waals surface area contributed by atoms with E-state index >= 15 is 0 Å². The number of ether oxygens (including phenoxy) is 2. The minimum atomic E-state index is -0.594. The molecule has 4 rings (SSSR count). The summed E-state index contributed by atoms with van der Waals surface area (Å²) in [6.07, 6.45) is 9.33.